The molecule has 2 rings (SSSR count). The van der Waals surface area contributed by atoms with Gasteiger partial charge in [0.05, 0.1) is 18.8 Å². The Morgan fingerprint density at radius 1 is 0.929 bits per heavy atom. The van der Waals surface area contributed by atoms with E-state index in [1.165, 1.54) is 24.3 Å². The van der Waals surface area contributed by atoms with Gasteiger partial charge < -0.3 is 14.8 Å². The molecule has 2 aromatic carbocycles. The number of amides is 1. The van der Waals surface area contributed by atoms with Crippen LogP contribution in [0, 0.1) is 5.82 Å². The monoisotopic (exact) mass is 399 g/mol. The van der Waals surface area contributed by atoms with Gasteiger partial charge in [-0.05, 0) is 48.5 Å². The van der Waals surface area contributed by atoms with Gasteiger partial charge in [-0.15, -0.1) is 0 Å². The predicted octanol–water partition coefficient (Wildman–Crippen LogP) is 3.59. The van der Waals surface area contributed by atoms with Crippen LogP contribution in [0.5, 0.6) is 5.75 Å². The molecule has 0 aromatic heterocycles. The van der Waals surface area contributed by atoms with Gasteiger partial charge in [0.25, 0.3) is 5.91 Å². The second-order valence-electron chi connectivity index (χ2n) is 5.63. The molecule has 0 saturated heterocycles. The van der Waals surface area contributed by atoms with Crippen LogP contribution in [-0.4, -0.2) is 31.6 Å². The van der Waals surface area contributed by atoms with Gasteiger partial charge in [-0.25, -0.2) is 4.39 Å². The number of hydrogen-bond acceptors (Lipinski definition) is 4. The molecule has 150 valence electrons. The molecule has 0 aliphatic heterocycles. The smallest absolute Gasteiger partial charge is 0.416 e. The number of hydrogen-bond donors (Lipinski definition) is 1. The summed E-state index contributed by atoms with van der Waals surface area (Å²) < 4.78 is 60.4. The molecular weight excluding hydrogens is 382 g/mol. The van der Waals surface area contributed by atoms with Crippen molar-refractivity contribution in [2.75, 3.05) is 19.8 Å². The summed E-state index contributed by atoms with van der Waals surface area (Å²) in [6.07, 6.45) is -4.10. The molecule has 0 saturated carbocycles. The summed E-state index contributed by atoms with van der Waals surface area (Å²) in [4.78, 5) is 23.4. The molecule has 2 aromatic rings. The van der Waals surface area contributed by atoms with Crippen molar-refractivity contribution >= 4 is 11.9 Å². The van der Waals surface area contributed by atoms with E-state index >= 15 is 0 Å². The van der Waals surface area contributed by atoms with Crippen LogP contribution in [0.15, 0.2) is 48.5 Å². The molecule has 0 atom stereocenters. The average Bonchev–Trinajstić information content (AvgIpc) is 2.66. The number of carbonyl (C=O) groups is 2. The molecule has 5 nitrogen and oxygen atoms in total. The topological polar surface area (TPSA) is 64.6 Å². The highest BCUT2D eigenvalue weighted by atomic mass is 19.4. The standard InChI is InChI=1S/C19H17F4NO4/c20-15-6-8-16(9-7-15)27-10-1-11-28-17(25)12-24-18(26)13-2-4-14(5-3-13)19(21,22)23/h2-9H,1,10-12H2,(H,24,26). The molecule has 0 radical (unpaired) electrons. The fraction of sp³-hybridized carbons (Fsp3) is 0.263. The summed E-state index contributed by atoms with van der Waals surface area (Å²) in [5, 5.41) is 2.27. The van der Waals surface area contributed by atoms with E-state index in [0.717, 1.165) is 24.3 Å². The number of benzene rings is 2. The van der Waals surface area contributed by atoms with Crippen LogP contribution in [0.1, 0.15) is 22.3 Å². The van der Waals surface area contributed by atoms with Crippen molar-refractivity contribution in [3.05, 3.63) is 65.5 Å². The van der Waals surface area contributed by atoms with Crippen LogP contribution in [0.2, 0.25) is 0 Å². The van der Waals surface area contributed by atoms with Crippen molar-refractivity contribution in [1.82, 2.24) is 5.32 Å². The highest BCUT2D eigenvalue weighted by Crippen LogP contribution is 2.29. The number of esters is 1. The number of nitrogens with one attached hydrogen (secondary N) is 1. The first-order valence-electron chi connectivity index (χ1n) is 8.25. The Balaban J connectivity index is 1.63. The van der Waals surface area contributed by atoms with Gasteiger partial charge in [0, 0.05) is 12.0 Å². The summed E-state index contributed by atoms with van der Waals surface area (Å²) in [7, 11) is 0. The molecule has 28 heavy (non-hydrogen) atoms. The lowest BCUT2D eigenvalue weighted by Crippen LogP contribution is -2.30. The number of rotatable bonds is 8. The molecule has 0 spiro atoms. The van der Waals surface area contributed by atoms with Gasteiger partial charge in [0.1, 0.15) is 18.1 Å². The fourth-order valence-corrected chi connectivity index (χ4v) is 2.08. The summed E-state index contributed by atoms with van der Waals surface area (Å²) in [5.41, 5.74) is -0.875. The van der Waals surface area contributed by atoms with E-state index in [4.69, 9.17) is 9.47 Å². The maximum Gasteiger partial charge on any atom is 0.416 e. The summed E-state index contributed by atoms with van der Waals surface area (Å²) in [5.74, 6) is -1.27. The van der Waals surface area contributed by atoms with E-state index in [9.17, 15) is 27.2 Å². The molecule has 0 unspecified atom stereocenters. The van der Waals surface area contributed by atoms with Crippen LogP contribution in [-0.2, 0) is 15.7 Å². The van der Waals surface area contributed by atoms with Gasteiger partial charge in [-0.1, -0.05) is 0 Å². The summed E-state index contributed by atoms with van der Waals surface area (Å²) >= 11 is 0. The zero-order chi connectivity index (χ0) is 20.6. The lowest BCUT2D eigenvalue weighted by molar-refractivity contribution is -0.142. The molecule has 1 amide bonds. The maximum absolute atomic E-state index is 12.7. The third kappa shape index (κ3) is 6.90. The van der Waals surface area contributed by atoms with Crippen molar-refractivity contribution in [3.63, 3.8) is 0 Å². The number of carbonyl (C=O) groups excluding carboxylic acids is 2. The van der Waals surface area contributed by atoms with Crippen molar-refractivity contribution in [2.45, 2.75) is 12.6 Å². The lowest BCUT2D eigenvalue weighted by Gasteiger charge is -2.09. The second kappa shape index (κ2) is 9.72. The van der Waals surface area contributed by atoms with Crippen molar-refractivity contribution in [3.8, 4) is 5.75 Å². The molecule has 9 heteroatoms. The van der Waals surface area contributed by atoms with Gasteiger partial charge in [-0.3, -0.25) is 9.59 Å². The number of halogens is 4. The molecule has 0 aliphatic rings. The Kier molecular flexibility index (Phi) is 7.36. The first-order valence-corrected chi connectivity index (χ1v) is 8.25. The molecule has 1 N–H and O–H groups in total. The predicted molar refractivity (Wildman–Crippen MR) is 91.2 cm³/mol. The molecule has 0 heterocycles. The second-order valence-corrected chi connectivity index (χ2v) is 5.63. The Bertz CT molecular complexity index is 789. The maximum atomic E-state index is 12.7. The minimum Gasteiger partial charge on any atom is -0.493 e. The van der Waals surface area contributed by atoms with E-state index in [1.54, 1.807) is 0 Å². The van der Waals surface area contributed by atoms with Crippen LogP contribution in [0.3, 0.4) is 0 Å². The minimum absolute atomic E-state index is 0.00602. The minimum atomic E-state index is -4.49. The zero-order valence-electron chi connectivity index (χ0n) is 14.6. The van der Waals surface area contributed by atoms with Crippen LogP contribution in [0.4, 0.5) is 17.6 Å². The molecule has 0 aliphatic carbocycles. The first-order chi connectivity index (χ1) is 13.3. The molecule has 0 bridgehead atoms. The summed E-state index contributed by atoms with van der Waals surface area (Å²) in [6.45, 7) is -0.119. The third-order valence-corrected chi connectivity index (χ3v) is 3.50. The lowest BCUT2D eigenvalue weighted by atomic mass is 10.1. The van der Waals surface area contributed by atoms with Crippen LogP contribution >= 0.6 is 0 Å². The average molecular weight is 399 g/mol. The van der Waals surface area contributed by atoms with Gasteiger partial charge in [-0.2, -0.15) is 13.2 Å². The fourth-order valence-electron chi connectivity index (χ4n) is 2.08. The highest BCUT2D eigenvalue weighted by molar-refractivity contribution is 5.95. The largest absolute Gasteiger partial charge is 0.493 e. The Morgan fingerprint density at radius 2 is 1.57 bits per heavy atom. The van der Waals surface area contributed by atoms with E-state index in [-0.39, 0.29) is 24.6 Å². The van der Waals surface area contributed by atoms with E-state index in [1.807, 2.05) is 0 Å². The van der Waals surface area contributed by atoms with Gasteiger partial charge in [0.2, 0.25) is 0 Å². The first kappa shape index (κ1) is 21.2. The molecular formula is C19H17F4NO4. The molecule has 0 fully saturated rings. The van der Waals surface area contributed by atoms with Crippen molar-refractivity contribution in [2.24, 2.45) is 0 Å². The van der Waals surface area contributed by atoms with Crippen LogP contribution < -0.4 is 10.1 Å². The van der Waals surface area contributed by atoms with Crippen molar-refractivity contribution in [1.29, 1.82) is 0 Å². The SMILES string of the molecule is O=C(CNC(=O)c1ccc(C(F)(F)F)cc1)OCCCOc1ccc(F)cc1. The van der Waals surface area contributed by atoms with Crippen molar-refractivity contribution < 1.29 is 36.6 Å². The normalized spacial score (nSPS) is 11.0. The van der Waals surface area contributed by atoms with E-state index in [0.29, 0.717) is 12.2 Å². The highest BCUT2D eigenvalue weighted by Gasteiger charge is 2.30. The third-order valence-electron chi connectivity index (χ3n) is 3.50. The number of ether oxygens (including phenoxy) is 2. The summed E-state index contributed by atoms with van der Waals surface area (Å²) in [6, 6.07) is 9.08. The zero-order valence-corrected chi connectivity index (χ0v) is 14.6. The number of alkyl halides is 3. The van der Waals surface area contributed by atoms with Crippen LogP contribution in [0.25, 0.3) is 0 Å². The Hall–Kier alpha value is -3.10. The quantitative estimate of drug-likeness (QED) is 0.419. The van der Waals surface area contributed by atoms with Gasteiger partial charge in [0.15, 0.2) is 0 Å². The van der Waals surface area contributed by atoms with Gasteiger partial charge >= 0.3 is 12.1 Å². The van der Waals surface area contributed by atoms with E-state index in [2.05, 4.69) is 5.32 Å². The Labute approximate surface area is 158 Å². The van der Waals surface area contributed by atoms with E-state index < -0.39 is 30.2 Å². The Morgan fingerprint density at radius 3 is 2.18 bits per heavy atom.